The van der Waals surface area contributed by atoms with Crippen molar-refractivity contribution in [2.45, 2.75) is 0 Å². The summed E-state index contributed by atoms with van der Waals surface area (Å²) in [5.41, 5.74) is 5.68. The molecule has 0 nitrogen and oxygen atoms in total. The highest BCUT2D eigenvalue weighted by Crippen LogP contribution is 2.42. The van der Waals surface area contributed by atoms with Gasteiger partial charge < -0.3 is 0 Å². The molecule has 44 heavy (non-hydrogen) atoms. The molecule has 0 atom stereocenters. The molecule has 9 aromatic carbocycles. The molecule has 0 N–H and O–H groups in total. The van der Waals surface area contributed by atoms with E-state index in [1.807, 2.05) is 91.0 Å². The van der Waals surface area contributed by atoms with E-state index < -0.39 is 0 Å². The summed E-state index contributed by atoms with van der Waals surface area (Å²) in [6.45, 7) is 0. The minimum atomic E-state index is -0.286. The maximum Gasteiger partial charge on any atom is 0.0630 e. The van der Waals surface area contributed by atoms with Crippen molar-refractivity contribution in [3.05, 3.63) is 170 Å². The largest absolute Gasteiger partial charge is 0.0630 e. The maximum atomic E-state index is 9.28. The SMILES string of the molecule is [2H]c1c([2H])c2c([2H])c([2H])c3c(-c4ccc(-c5ccc6ccccc6c5)cc4)c([2H])c([2H])c4c([2H])c([2H])c(c1-c1ccc(-c5ccccc5)cc1)c2c43. The number of rotatable bonds is 4. The summed E-state index contributed by atoms with van der Waals surface area (Å²) < 4.78 is 73.6. The highest BCUT2D eigenvalue weighted by molar-refractivity contribution is 6.27. The molecule has 0 fully saturated rings. The average molecular weight is 565 g/mol. The first-order chi connectivity index (χ1) is 25.2. The molecule has 204 valence electrons. The number of hydrogen-bond donors (Lipinski definition) is 0. The van der Waals surface area contributed by atoms with Crippen LogP contribution in [0.25, 0.3) is 87.6 Å². The maximum absolute atomic E-state index is 9.28. The minimum absolute atomic E-state index is 0.0371. The van der Waals surface area contributed by atoms with E-state index in [0.29, 0.717) is 27.5 Å². The Morgan fingerprint density at radius 1 is 0.295 bits per heavy atom. The molecule has 0 aliphatic rings. The van der Waals surface area contributed by atoms with Crippen LogP contribution >= 0.6 is 0 Å². The first-order valence-electron chi connectivity index (χ1n) is 18.6. The first-order valence-corrected chi connectivity index (χ1v) is 14.6. The molecule has 0 spiro atoms. The molecule has 0 aliphatic carbocycles. The first kappa shape index (κ1) is 18.1. The normalized spacial score (nSPS) is 14.2. The summed E-state index contributed by atoms with van der Waals surface area (Å²) in [5.74, 6) is 0. The molecule has 0 aliphatic heterocycles. The second-order valence-electron chi connectivity index (χ2n) is 11.1. The fourth-order valence-electron chi connectivity index (χ4n) is 6.28. The van der Waals surface area contributed by atoms with Gasteiger partial charge in [-0.3, -0.25) is 0 Å². The van der Waals surface area contributed by atoms with E-state index in [2.05, 4.69) is 30.3 Å². The van der Waals surface area contributed by atoms with Crippen LogP contribution in [-0.2, 0) is 0 Å². The lowest BCUT2D eigenvalue weighted by Gasteiger charge is -2.17. The molecule has 0 heteroatoms. The van der Waals surface area contributed by atoms with Crippen molar-refractivity contribution >= 4 is 43.1 Å². The second-order valence-corrected chi connectivity index (χ2v) is 11.1. The van der Waals surface area contributed by atoms with Crippen LogP contribution in [0.3, 0.4) is 0 Å². The average Bonchev–Trinajstić information content (AvgIpc) is 3.18. The van der Waals surface area contributed by atoms with Crippen LogP contribution in [0, 0.1) is 0 Å². The van der Waals surface area contributed by atoms with Crippen molar-refractivity contribution in [2.75, 3.05) is 0 Å². The lowest BCUT2D eigenvalue weighted by atomic mass is 9.87. The van der Waals surface area contributed by atoms with Crippen molar-refractivity contribution < 1.29 is 11.0 Å². The zero-order valence-corrected chi connectivity index (χ0v) is 23.5. The molecule has 0 unspecified atom stereocenters. The molecular formula is C44H28. The third-order valence-electron chi connectivity index (χ3n) is 8.54. The standard InChI is InChI=1S/C44H28/c1-2-6-29(7-3-1)31-10-15-33(16-11-31)39-24-20-35-23-27-42-40(25-21-36-22-26-41(39)43(35)44(36)42)34-17-12-32(13-18-34)38-19-14-30-8-4-5-9-37(30)28-38/h1-28H/i20D,21D,22D,23D,24D,25D,26D,27D. The van der Waals surface area contributed by atoms with Crippen LogP contribution in [0.5, 0.6) is 0 Å². The van der Waals surface area contributed by atoms with Crippen LogP contribution in [0.15, 0.2) is 170 Å². The Hall–Kier alpha value is -5.72. The van der Waals surface area contributed by atoms with Crippen LogP contribution in [0.1, 0.15) is 11.0 Å². The molecular weight excluding hydrogens is 528 g/mol. The lowest BCUT2D eigenvalue weighted by Crippen LogP contribution is -1.89. The summed E-state index contributed by atoms with van der Waals surface area (Å²) in [4.78, 5) is 0. The fraction of sp³-hybridized carbons (Fsp3) is 0. The van der Waals surface area contributed by atoms with Crippen molar-refractivity contribution in [2.24, 2.45) is 0 Å². The Balaban J connectivity index is 1.32. The molecule has 9 aromatic rings. The van der Waals surface area contributed by atoms with Gasteiger partial charge in [-0.05, 0) is 93.7 Å². The van der Waals surface area contributed by atoms with Gasteiger partial charge in [0.05, 0.1) is 11.0 Å². The van der Waals surface area contributed by atoms with Gasteiger partial charge in [-0.2, -0.15) is 0 Å². The van der Waals surface area contributed by atoms with Crippen LogP contribution < -0.4 is 0 Å². The van der Waals surface area contributed by atoms with Crippen LogP contribution in [0.2, 0.25) is 0 Å². The molecule has 0 heterocycles. The van der Waals surface area contributed by atoms with E-state index in [0.717, 1.165) is 33.0 Å². The zero-order chi connectivity index (χ0) is 36.0. The van der Waals surface area contributed by atoms with E-state index in [9.17, 15) is 8.22 Å². The summed E-state index contributed by atoms with van der Waals surface area (Å²) in [5, 5.41) is 3.39. The quantitative estimate of drug-likeness (QED) is 0.187. The molecule has 0 saturated heterocycles. The van der Waals surface area contributed by atoms with E-state index in [1.165, 1.54) is 0 Å². The number of hydrogen-bond acceptors (Lipinski definition) is 0. The predicted molar refractivity (Wildman–Crippen MR) is 189 cm³/mol. The number of benzene rings is 9. The van der Waals surface area contributed by atoms with Gasteiger partial charge in [0.2, 0.25) is 0 Å². The monoisotopic (exact) mass is 564 g/mol. The van der Waals surface area contributed by atoms with E-state index in [-0.39, 0.29) is 75.4 Å². The smallest absolute Gasteiger partial charge is 0.0622 e. The van der Waals surface area contributed by atoms with Gasteiger partial charge >= 0.3 is 0 Å². The zero-order valence-electron chi connectivity index (χ0n) is 31.5. The highest BCUT2D eigenvalue weighted by Gasteiger charge is 2.15. The van der Waals surface area contributed by atoms with Gasteiger partial charge in [-0.15, -0.1) is 0 Å². The van der Waals surface area contributed by atoms with Crippen molar-refractivity contribution in [3.8, 4) is 44.5 Å². The molecule has 0 bridgehead atoms. The van der Waals surface area contributed by atoms with Crippen molar-refractivity contribution in [1.29, 1.82) is 0 Å². The Labute approximate surface area is 268 Å². The number of fused-ring (bicyclic) bond motifs is 1. The highest BCUT2D eigenvalue weighted by atomic mass is 14.2. The summed E-state index contributed by atoms with van der Waals surface area (Å²) in [7, 11) is 0. The van der Waals surface area contributed by atoms with Gasteiger partial charge in [-0.25, -0.2) is 0 Å². The Bertz CT molecular complexity index is 2900. The molecule has 0 aromatic heterocycles. The Kier molecular flexibility index (Phi) is 4.08. The fourth-order valence-corrected chi connectivity index (χ4v) is 6.28. The van der Waals surface area contributed by atoms with Gasteiger partial charge in [-0.1, -0.05) is 164 Å². The van der Waals surface area contributed by atoms with Crippen LogP contribution in [0.4, 0.5) is 0 Å². The Morgan fingerprint density at radius 2 is 0.727 bits per heavy atom. The van der Waals surface area contributed by atoms with Crippen molar-refractivity contribution in [3.63, 3.8) is 0 Å². The van der Waals surface area contributed by atoms with Crippen molar-refractivity contribution in [1.82, 2.24) is 0 Å². The topological polar surface area (TPSA) is 0 Å². The minimum Gasteiger partial charge on any atom is -0.0622 e. The van der Waals surface area contributed by atoms with Gasteiger partial charge in [0.25, 0.3) is 0 Å². The van der Waals surface area contributed by atoms with E-state index >= 15 is 0 Å². The third-order valence-corrected chi connectivity index (χ3v) is 8.54. The molecule has 9 rings (SSSR count). The van der Waals surface area contributed by atoms with E-state index in [1.54, 1.807) is 0 Å². The van der Waals surface area contributed by atoms with Gasteiger partial charge in [0.15, 0.2) is 0 Å². The van der Waals surface area contributed by atoms with Gasteiger partial charge in [0, 0.05) is 0 Å². The van der Waals surface area contributed by atoms with Crippen LogP contribution in [-0.4, -0.2) is 0 Å². The summed E-state index contributed by atoms with van der Waals surface area (Å²) >= 11 is 0. The predicted octanol–water partition coefficient (Wildman–Crippen LogP) is 12.4. The lowest BCUT2D eigenvalue weighted by molar-refractivity contribution is 1.61. The Morgan fingerprint density at radius 3 is 1.32 bits per heavy atom. The molecule has 0 saturated carbocycles. The summed E-state index contributed by atoms with van der Waals surface area (Å²) in [6.07, 6.45) is 0. The van der Waals surface area contributed by atoms with E-state index in [4.69, 9.17) is 2.74 Å². The summed E-state index contributed by atoms with van der Waals surface area (Å²) in [6, 6.07) is 37.4. The molecule has 0 radical (unpaired) electrons. The third kappa shape index (κ3) is 4.00. The van der Waals surface area contributed by atoms with Gasteiger partial charge in [0.1, 0.15) is 0 Å². The second kappa shape index (κ2) is 9.93. The molecule has 0 amide bonds.